The minimum atomic E-state index is -0.471. The van der Waals surface area contributed by atoms with Crippen LogP contribution in [0.15, 0.2) is 66.9 Å². The second-order valence-corrected chi connectivity index (χ2v) is 12.9. The number of hydrogen-bond acceptors (Lipinski definition) is 5. The summed E-state index contributed by atoms with van der Waals surface area (Å²) >= 11 is 1.95. The fourth-order valence-electron chi connectivity index (χ4n) is 5.45. The van der Waals surface area contributed by atoms with Crippen molar-refractivity contribution in [2.75, 3.05) is 13.1 Å². The van der Waals surface area contributed by atoms with E-state index in [-0.39, 0.29) is 11.7 Å². The third-order valence-electron chi connectivity index (χ3n) is 7.69. The van der Waals surface area contributed by atoms with Crippen molar-refractivity contribution in [3.8, 4) is 16.9 Å². The maximum atomic E-state index is 12.5. The van der Waals surface area contributed by atoms with Crippen LogP contribution in [0.3, 0.4) is 0 Å². The Labute approximate surface area is 237 Å². The van der Waals surface area contributed by atoms with Crippen LogP contribution in [0.1, 0.15) is 75.4 Å². The molecule has 2 aliphatic heterocycles. The van der Waals surface area contributed by atoms with Gasteiger partial charge in [0.15, 0.2) is 0 Å². The van der Waals surface area contributed by atoms with Gasteiger partial charge < -0.3 is 14.4 Å². The van der Waals surface area contributed by atoms with E-state index in [1.807, 2.05) is 49.7 Å². The molecular formula is C33H40N2O3S. The van der Waals surface area contributed by atoms with Gasteiger partial charge in [-0.05, 0) is 86.6 Å². The van der Waals surface area contributed by atoms with E-state index < -0.39 is 5.60 Å². The number of benzene rings is 2. The van der Waals surface area contributed by atoms with Crippen LogP contribution in [0.25, 0.3) is 11.1 Å². The van der Waals surface area contributed by atoms with Crippen molar-refractivity contribution in [1.82, 2.24) is 9.88 Å². The van der Waals surface area contributed by atoms with Crippen LogP contribution in [-0.2, 0) is 16.9 Å². The molecule has 1 fully saturated rings. The maximum Gasteiger partial charge on any atom is 0.410 e. The number of hydrogen-bond donors (Lipinski definition) is 0. The lowest BCUT2D eigenvalue weighted by molar-refractivity contribution is -0.0272. The van der Waals surface area contributed by atoms with Crippen molar-refractivity contribution < 1.29 is 14.3 Å². The van der Waals surface area contributed by atoms with Crippen molar-refractivity contribution in [3.05, 3.63) is 83.7 Å². The third-order valence-corrected chi connectivity index (χ3v) is 9.17. The van der Waals surface area contributed by atoms with E-state index in [1.54, 1.807) is 0 Å². The van der Waals surface area contributed by atoms with Crippen LogP contribution >= 0.6 is 11.8 Å². The first-order valence-corrected chi connectivity index (χ1v) is 15.2. The second-order valence-electron chi connectivity index (χ2n) is 11.7. The van der Waals surface area contributed by atoms with E-state index >= 15 is 0 Å². The van der Waals surface area contributed by atoms with Crippen molar-refractivity contribution in [1.29, 1.82) is 0 Å². The Bertz CT molecular complexity index is 1260. The van der Waals surface area contributed by atoms with Gasteiger partial charge in [0.2, 0.25) is 0 Å². The van der Waals surface area contributed by atoms with E-state index in [0.717, 1.165) is 49.3 Å². The molecule has 5 rings (SSSR count). The first kappa shape index (κ1) is 27.6. The lowest BCUT2D eigenvalue weighted by Gasteiger charge is -2.44. The van der Waals surface area contributed by atoms with Crippen LogP contribution in [0.5, 0.6) is 5.75 Å². The van der Waals surface area contributed by atoms with E-state index in [0.29, 0.717) is 18.3 Å². The summed E-state index contributed by atoms with van der Waals surface area (Å²) in [6.07, 6.45) is 6.39. The molecular weight excluding hydrogens is 504 g/mol. The molecule has 1 spiro atoms. The van der Waals surface area contributed by atoms with Crippen molar-refractivity contribution in [2.45, 2.75) is 82.0 Å². The standard InChI is InChI=1S/C33H40N2O3S/c1-5-30(28-8-6-7-19-34-28)39-23-24-9-11-25(12-10-24)26-13-14-29-27(22-26)15-16-33(37-29)17-20-35(21-18-33)31(36)38-32(2,3)4/h6-14,19,22,30H,5,15-18,20-21,23H2,1-4H3. The summed E-state index contributed by atoms with van der Waals surface area (Å²) in [5.74, 6) is 1.96. The Balaban J connectivity index is 1.18. The summed E-state index contributed by atoms with van der Waals surface area (Å²) in [7, 11) is 0. The molecule has 0 saturated carbocycles. The number of piperidine rings is 1. The number of thioether (sulfide) groups is 1. The van der Waals surface area contributed by atoms with E-state index in [1.165, 1.54) is 22.3 Å². The molecule has 0 radical (unpaired) electrons. The fourth-order valence-corrected chi connectivity index (χ4v) is 6.58. The number of amides is 1. The van der Waals surface area contributed by atoms with Gasteiger partial charge in [0.25, 0.3) is 0 Å². The lowest BCUT2D eigenvalue weighted by atomic mass is 9.82. The molecule has 1 aromatic heterocycles. The minimum absolute atomic E-state index is 0.183. The van der Waals surface area contributed by atoms with Gasteiger partial charge in [0.05, 0.1) is 5.69 Å². The molecule has 1 amide bonds. The van der Waals surface area contributed by atoms with Crippen LogP contribution in [-0.4, -0.2) is 40.3 Å². The largest absolute Gasteiger partial charge is 0.487 e. The highest BCUT2D eigenvalue weighted by atomic mass is 32.2. The predicted octanol–water partition coefficient (Wildman–Crippen LogP) is 8.23. The zero-order valence-electron chi connectivity index (χ0n) is 23.6. The molecule has 3 aromatic rings. The summed E-state index contributed by atoms with van der Waals surface area (Å²) in [6.45, 7) is 9.30. The molecule has 2 aliphatic rings. The third kappa shape index (κ3) is 6.78. The molecule has 1 unspecified atom stereocenters. The summed E-state index contributed by atoms with van der Waals surface area (Å²) in [5.41, 5.74) is 5.57. The molecule has 5 nitrogen and oxygen atoms in total. The topological polar surface area (TPSA) is 51.7 Å². The van der Waals surface area contributed by atoms with Gasteiger partial charge in [-0.3, -0.25) is 4.98 Å². The normalized spacial score (nSPS) is 17.3. The smallest absolute Gasteiger partial charge is 0.410 e. The monoisotopic (exact) mass is 544 g/mol. The number of pyridine rings is 1. The zero-order chi connectivity index (χ0) is 27.5. The highest BCUT2D eigenvalue weighted by Gasteiger charge is 2.41. The number of nitrogens with zero attached hydrogens (tertiary/aromatic N) is 2. The summed E-state index contributed by atoms with van der Waals surface area (Å²) < 4.78 is 12.2. The number of aryl methyl sites for hydroxylation is 1. The lowest BCUT2D eigenvalue weighted by Crippen LogP contribution is -2.52. The molecule has 1 atom stereocenters. The van der Waals surface area contributed by atoms with Crippen LogP contribution in [0.4, 0.5) is 4.79 Å². The number of ether oxygens (including phenoxy) is 2. The van der Waals surface area contributed by atoms with Crippen LogP contribution < -0.4 is 4.74 Å². The highest BCUT2D eigenvalue weighted by molar-refractivity contribution is 7.98. The van der Waals surface area contributed by atoms with Gasteiger partial charge in [-0.15, -0.1) is 11.8 Å². The Morgan fingerprint density at radius 3 is 2.46 bits per heavy atom. The maximum absolute atomic E-state index is 12.5. The Kier molecular flexibility index (Phi) is 8.22. The molecule has 6 heteroatoms. The molecule has 1 saturated heterocycles. The van der Waals surface area contributed by atoms with Crippen LogP contribution in [0, 0.1) is 0 Å². The van der Waals surface area contributed by atoms with Crippen molar-refractivity contribution in [2.24, 2.45) is 0 Å². The molecule has 206 valence electrons. The summed E-state index contributed by atoms with van der Waals surface area (Å²) in [4.78, 5) is 18.8. The number of rotatable bonds is 6. The number of likely N-dealkylation sites (tertiary alicyclic amines) is 1. The molecule has 2 aromatic carbocycles. The molecule has 3 heterocycles. The first-order valence-electron chi connectivity index (χ1n) is 14.2. The Morgan fingerprint density at radius 1 is 1.05 bits per heavy atom. The number of carbonyl (C=O) groups excluding carboxylic acids is 1. The quantitative estimate of drug-likeness (QED) is 0.313. The molecule has 0 N–H and O–H groups in total. The number of carbonyl (C=O) groups is 1. The van der Waals surface area contributed by atoms with E-state index in [4.69, 9.17) is 9.47 Å². The van der Waals surface area contributed by atoms with Gasteiger partial charge in [-0.25, -0.2) is 4.79 Å². The average molecular weight is 545 g/mol. The molecule has 39 heavy (non-hydrogen) atoms. The minimum Gasteiger partial charge on any atom is -0.487 e. The molecule has 0 bridgehead atoms. The van der Waals surface area contributed by atoms with Crippen molar-refractivity contribution >= 4 is 17.9 Å². The Hall–Kier alpha value is -2.99. The van der Waals surface area contributed by atoms with Gasteiger partial charge in [-0.1, -0.05) is 43.3 Å². The van der Waals surface area contributed by atoms with Gasteiger partial charge in [0.1, 0.15) is 17.0 Å². The van der Waals surface area contributed by atoms with Gasteiger partial charge in [-0.2, -0.15) is 0 Å². The van der Waals surface area contributed by atoms with Gasteiger partial charge >= 0.3 is 6.09 Å². The molecule has 0 aliphatic carbocycles. The van der Waals surface area contributed by atoms with E-state index in [9.17, 15) is 4.79 Å². The fraction of sp³-hybridized carbons (Fsp3) is 0.455. The highest BCUT2D eigenvalue weighted by Crippen LogP contribution is 2.41. The van der Waals surface area contributed by atoms with E-state index in [2.05, 4.69) is 66.5 Å². The second kappa shape index (κ2) is 11.6. The zero-order valence-corrected chi connectivity index (χ0v) is 24.4. The Morgan fingerprint density at radius 2 is 1.79 bits per heavy atom. The summed E-state index contributed by atoms with van der Waals surface area (Å²) in [6, 6.07) is 21.7. The van der Waals surface area contributed by atoms with Crippen LogP contribution in [0.2, 0.25) is 0 Å². The number of aromatic nitrogens is 1. The van der Waals surface area contributed by atoms with Gasteiger partial charge in [0, 0.05) is 43.1 Å². The predicted molar refractivity (Wildman–Crippen MR) is 159 cm³/mol. The van der Waals surface area contributed by atoms with Crippen molar-refractivity contribution in [3.63, 3.8) is 0 Å². The summed E-state index contributed by atoms with van der Waals surface area (Å²) in [5, 5.41) is 0.416. The SMILES string of the molecule is CCC(SCc1ccc(-c2ccc3c(c2)CCC2(CCN(C(=O)OC(C)(C)C)CC2)O3)cc1)c1ccccn1. The average Bonchev–Trinajstić information content (AvgIpc) is 2.93. The number of fused-ring (bicyclic) bond motifs is 1. The first-order chi connectivity index (χ1) is 18.7.